The van der Waals surface area contributed by atoms with Crippen molar-refractivity contribution in [1.29, 1.82) is 0 Å². The Morgan fingerprint density at radius 1 is 1.11 bits per heavy atom. The smallest absolute Gasteiger partial charge is 0.242 e. The first-order chi connectivity index (χ1) is 17.0. The van der Waals surface area contributed by atoms with Crippen molar-refractivity contribution in [2.45, 2.75) is 38.8 Å². The van der Waals surface area contributed by atoms with Gasteiger partial charge in [-0.05, 0) is 42.7 Å². The topological polar surface area (TPSA) is 105 Å². The Kier molecular flexibility index (Phi) is 9.32. The third-order valence-corrected chi connectivity index (χ3v) is 7.57. The van der Waals surface area contributed by atoms with Crippen molar-refractivity contribution in [2.75, 3.05) is 30.9 Å². The average Bonchev–Trinajstić information content (AvgIpc) is 3.29. The Labute approximate surface area is 221 Å². The van der Waals surface area contributed by atoms with Crippen LogP contribution in [-0.2, 0) is 26.2 Å². The summed E-state index contributed by atoms with van der Waals surface area (Å²) < 4.78 is 36.9. The summed E-state index contributed by atoms with van der Waals surface area (Å²) in [5.74, 6) is 0.406. The molecule has 9 nitrogen and oxygen atoms in total. The Morgan fingerprint density at radius 3 is 2.47 bits per heavy atom. The maximum atomic E-state index is 13.3. The van der Waals surface area contributed by atoms with Gasteiger partial charge in [0.25, 0.3) is 0 Å². The number of carbonyl (C=O) groups excluding carboxylic acids is 2. The van der Waals surface area contributed by atoms with Crippen molar-refractivity contribution < 1.29 is 27.5 Å². The van der Waals surface area contributed by atoms with Crippen molar-refractivity contribution in [3.63, 3.8) is 0 Å². The average molecular weight is 558 g/mol. The van der Waals surface area contributed by atoms with Crippen LogP contribution in [0, 0.1) is 0 Å². The zero-order chi connectivity index (χ0) is 26.5. The summed E-state index contributed by atoms with van der Waals surface area (Å²) in [5, 5.41) is 3.45. The molecule has 12 heteroatoms. The third-order valence-electron chi connectivity index (χ3n) is 5.78. The molecule has 0 spiro atoms. The first-order valence-electron chi connectivity index (χ1n) is 11.4. The Hall–Kier alpha value is -2.69. The van der Waals surface area contributed by atoms with Crippen molar-refractivity contribution in [2.24, 2.45) is 0 Å². The van der Waals surface area contributed by atoms with Gasteiger partial charge in [-0.15, -0.1) is 0 Å². The highest BCUT2D eigenvalue weighted by atomic mass is 35.5. The van der Waals surface area contributed by atoms with Gasteiger partial charge in [-0.3, -0.25) is 13.9 Å². The van der Waals surface area contributed by atoms with Crippen molar-refractivity contribution in [3.05, 3.63) is 52.0 Å². The molecule has 1 aliphatic heterocycles. The Balaban J connectivity index is 1.77. The van der Waals surface area contributed by atoms with Crippen LogP contribution in [0.5, 0.6) is 11.5 Å². The van der Waals surface area contributed by atoms with Gasteiger partial charge in [0, 0.05) is 42.7 Å². The third kappa shape index (κ3) is 6.74. The molecule has 196 valence electrons. The lowest BCUT2D eigenvalue weighted by atomic mass is 10.1. The van der Waals surface area contributed by atoms with Gasteiger partial charge in [0.15, 0.2) is 11.5 Å². The largest absolute Gasteiger partial charge is 0.454 e. The van der Waals surface area contributed by atoms with E-state index >= 15 is 0 Å². The summed E-state index contributed by atoms with van der Waals surface area (Å²) in [6.07, 6.45) is 1.75. The SMILES string of the molecule is CC[C@H](C(=O)NC)N(Cc1ccc(Cl)cc1Cl)C(=O)CCCN(c1ccc2c(c1)OCO2)S(C)(=O)=O. The number of hydrogen-bond acceptors (Lipinski definition) is 6. The van der Waals surface area contributed by atoms with E-state index in [2.05, 4.69) is 5.32 Å². The highest BCUT2D eigenvalue weighted by molar-refractivity contribution is 7.92. The molecule has 36 heavy (non-hydrogen) atoms. The standard InChI is InChI=1S/C24H29Cl2N3O6S/c1-4-20(24(31)27-2)28(14-16-7-8-17(25)12-19(16)26)23(30)6-5-11-29(36(3,32)33)18-9-10-21-22(13-18)35-15-34-21/h7-10,12-13,20H,4-6,11,14-15H2,1-3H3,(H,27,31)/t20-/m1/s1. The normalized spacial score (nSPS) is 13.2. The molecule has 1 atom stereocenters. The summed E-state index contributed by atoms with van der Waals surface area (Å²) in [5.41, 5.74) is 1.06. The number of hydrogen-bond donors (Lipinski definition) is 1. The van der Waals surface area contributed by atoms with Crippen LogP contribution in [0.4, 0.5) is 5.69 Å². The zero-order valence-corrected chi connectivity index (χ0v) is 22.6. The molecule has 0 bridgehead atoms. The summed E-state index contributed by atoms with van der Waals surface area (Å²) in [4.78, 5) is 27.4. The zero-order valence-electron chi connectivity index (χ0n) is 20.3. The molecule has 2 aromatic carbocycles. The van der Waals surface area contributed by atoms with Crippen LogP contribution in [0.1, 0.15) is 31.7 Å². The number of benzene rings is 2. The highest BCUT2D eigenvalue weighted by Crippen LogP contribution is 2.36. The number of halogens is 2. The molecule has 0 unspecified atom stereocenters. The van der Waals surface area contributed by atoms with Gasteiger partial charge < -0.3 is 19.7 Å². The Bertz CT molecular complexity index is 1220. The summed E-state index contributed by atoms with van der Waals surface area (Å²) in [7, 11) is -2.12. The fourth-order valence-corrected chi connectivity index (χ4v) is 5.39. The molecule has 0 saturated heterocycles. The van der Waals surface area contributed by atoms with Gasteiger partial charge >= 0.3 is 0 Å². The number of likely N-dealkylation sites (N-methyl/N-ethyl adjacent to an activating group) is 1. The first-order valence-corrected chi connectivity index (χ1v) is 14.0. The second kappa shape index (κ2) is 12.0. The minimum Gasteiger partial charge on any atom is -0.454 e. The van der Waals surface area contributed by atoms with E-state index in [1.165, 1.54) is 16.3 Å². The monoisotopic (exact) mass is 557 g/mol. The van der Waals surface area contributed by atoms with Crippen LogP contribution in [0.15, 0.2) is 36.4 Å². The Morgan fingerprint density at radius 2 is 1.83 bits per heavy atom. The molecular formula is C24H29Cl2N3O6S. The second-order valence-electron chi connectivity index (χ2n) is 8.27. The van der Waals surface area contributed by atoms with Crippen LogP contribution in [0.3, 0.4) is 0 Å². The number of fused-ring (bicyclic) bond motifs is 1. The van der Waals surface area contributed by atoms with Gasteiger partial charge in [0.2, 0.25) is 28.6 Å². The van der Waals surface area contributed by atoms with Crippen LogP contribution >= 0.6 is 23.2 Å². The molecule has 1 aliphatic rings. The molecule has 2 amide bonds. The number of amides is 2. The summed E-state index contributed by atoms with van der Waals surface area (Å²) in [6.45, 7) is 2.06. The van der Waals surface area contributed by atoms with Gasteiger partial charge in [-0.25, -0.2) is 8.42 Å². The van der Waals surface area contributed by atoms with Gasteiger partial charge in [-0.2, -0.15) is 0 Å². The maximum Gasteiger partial charge on any atom is 0.242 e. The molecular weight excluding hydrogens is 529 g/mol. The van der Waals surface area contributed by atoms with Crippen LogP contribution in [-0.4, -0.2) is 57.8 Å². The molecule has 3 rings (SSSR count). The molecule has 0 fully saturated rings. The molecule has 0 aromatic heterocycles. The van der Waals surface area contributed by atoms with Gasteiger partial charge in [-0.1, -0.05) is 36.2 Å². The minimum atomic E-state index is -3.63. The molecule has 0 radical (unpaired) electrons. The molecule has 0 aliphatic carbocycles. The number of nitrogens with one attached hydrogen (secondary N) is 1. The predicted octanol–water partition coefficient (Wildman–Crippen LogP) is 3.82. The lowest BCUT2D eigenvalue weighted by molar-refractivity contribution is -0.141. The predicted molar refractivity (Wildman–Crippen MR) is 139 cm³/mol. The van der Waals surface area contributed by atoms with Gasteiger partial charge in [0.1, 0.15) is 6.04 Å². The number of anilines is 1. The quantitative estimate of drug-likeness (QED) is 0.450. The number of sulfonamides is 1. The minimum absolute atomic E-state index is 0.0231. The molecule has 2 aromatic rings. The van der Waals surface area contributed by atoms with Gasteiger partial charge in [0.05, 0.1) is 11.9 Å². The number of nitrogens with zero attached hydrogens (tertiary/aromatic N) is 2. The number of rotatable bonds is 11. The second-order valence-corrected chi connectivity index (χ2v) is 11.0. The molecule has 1 N–H and O–H groups in total. The van der Waals surface area contributed by atoms with E-state index in [0.717, 1.165) is 6.26 Å². The molecule has 1 heterocycles. The van der Waals surface area contributed by atoms with Crippen LogP contribution in [0.25, 0.3) is 0 Å². The van der Waals surface area contributed by atoms with E-state index in [4.69, 9.17) is 32.7 Å². The van der Waals surface area contributed by atoms with E-state index in [9.17, 15) is 18.0 Å². The van der Waals surface area contributed by atoms with E-state index < -0.39 is 16.1 Å². The fourth-order valence-electron chi connectivity index (χ4n) is 3.96. The van der Waals surface area contributed by atoms with E-state index in [1.807, 2.05) is 6.92 Å². The van der Waals surface area contributed by atoms with Crippen molar-refractivity contribution in [3.8, 4) is 11.5 Å². The molecule has 0 saturated carbocycles. The van der Waals surface area contributed by atoms with E-state index in [0.29, 0.717) is 39.2 Å². The van der Waals surface area contributed by atoms with Crippen LogP contribution < -0.4 is 19.1 Å². The number of ether oxygens (including phenoxy) is 2. The summed E-state index contributed by atoms with van der Waals surface area (Å²) in [6, 6.07) is 9.12. The lowest BCUT2D eigenvalue weighted by Gasteiger charge is -2.31. The highest BCUT2D eigenvalue weighted by Gasteiger charge is 2.29. The summed E-state index contributed by atoms with van der Waals surface area (Å²) >= 11 is 12.3. The lowest BCUT2D eigenvalue weighted by Crippen LogP contribution is -2.48. The maximum absolute atomic E-state index is 13.3. The fraction of sp³-hybridized carbons (Fsp3) is 0.417. The number of carbonyl (C=O) groups is 2. The van der Waals surface area contributed by atoms with Crippen LogP contribution in [0.2, 0.25) is 10.0 Å². The first kappa shape index (κ1) is 27.9. The van der Waals surface area contributed by atoms with Crippen molar-refractivity contribution >= 4 is 50.7 Å². The van der Waals surface area contributed by atoms with Crippen molar-refractivity contribution in [1.82, 2.24) is 10.2 Å². The van der Waals surface area contributed by atoms with E-state index in [-0.39, 0.29) is 44.5 Å². The van der Waals surface area contributed by atoms with E-state index in [1.54, 1.807) is 36.4 Å².